The molecule has 1 amide bonds. The van der Waals surface area contributed by atoms with Crippen LogP contribution in [0.1, 0.15) is 36.5 Å². The van der Waals surface area contributed by atoms with Crippen molar-refractivity contribution in [3.05, 3.63) is 52.8 Å². The number of carbonyl (C=O) groups excluding carboxylic acids is 1. The Morgan fingerprint density at radius 2 is 2.00 bits per heavy atom. The fourth-order valence-electron chi connectivity index (χ4n) is 4.07. The molecular formula is C24H25N3O4S2. The second-order valence-corrected chi connectivity index (χ2v) is 10.8. The van der Waals surface area contributed by atoms with Crippen LogP contribution in [0.5, 0.6) is 5.75 Å². The molecule has 9 heteroatoms. The summed E-state index contributed by atoms with van der Waals surface area (Å²) in [6.07, 6.45) is 8.29. The molecule has 4 rings (SSSR count). The predicted molar refractivity (Wildman–Crippen MR) is 129 cm³/mol. The fraction of sp³-hybridized carbons (Fsp3) is 0.333. The lowest BCUT2D eigenvalue weighted by molar-refractivity contribution is 0.0997. The van der Waals surface area contributed by atoms with Gasteiger partial charge in [0.15, 0.2) is 4.80 Å². The summed E-state index contributed by atoms with van der Waals surface area (Å²) < 4.78 is 35.7. The third-order valence-corrected chi connectivity index (χ3v) is 8.85. The number of benzene rings is 2. The molecule has 1 atom stereocenters. The third-order valence-electron chi connectivity index (χ3n) is 5.78. The number of terminal acetylenes is 1. The van der Waals surface area contributed by atoms with Gasteiger partial charge in [0, 0.05) is 18.2 Å². The summed E-state index contributed by atoms with van der Waals surface area (Å²) in [5.41, 5.74) is 1.09. The fourth-order valence-corrected chi connectivity index (χ4v) is 6.82. The number of methoxy groups -OCH3 is 1. The van der Waals surface area contributed by atoms with Crippen LogP contribution in [0.3, 0.4) is 0 Å². The molecule has 2 aromatic carbocycles. The topological polar surface area (TPSA) is 81.0 Å². The van der Waals surface area contributed by atoms with Gasteiger partial charge in [-0.25, -0.2) is 8.42 Å². The number of para-hydroxylation sites is 1. The van der Waals surface area contributed by atoms with E-state index in [2.05, 4.69) is 10.9 Å². The number of aromatic nitrogens is 1. The van der Waals surface area contributed by atoms with Crippen molar-refractivity contribution in [2.75, 3.05) is 13.7 Å². The Labute approximate surface area is 197 Å². The molecule has 0 aliphatic carbocycles. The van der Waals surface area contributed by atoms with E-state index in [1.165, 1.54) is 35.6 Å². The Morgan fingerprint density at radius 3 is 2.67 bits per heavy atom. The highest BCUT2D eigenvalue weighted by molar-refractivity contribution is 7.89. The van der Waals surface area contributed by atoms with Crippen LogP contribution >= 0.6 is 11.3 Å². The zero-order valence-electron chi connectivity index (χ0n) is 18.5. The molecule has 1 aliphatic heterocycles. The molecule has 1 unspecified atom stereocenters. The summed E-state index contributed by atoms with van der Waals surface area (Å²) in [4.78, 5) is 17.8. The number of hydrogen-bond donors (Lipinski definition) is 0. The Kier molecular flexibility index (Phi) is 6.70. The minimum absolute atomic E-state index is 0.0309. The van der Waals surface area contributed by atoms with E-state index in [9.17, 15) is 13.2 Å². The summed E-state index contributed by atoms with van der Waals surface area (Å²) >= 11 is 1.34. The average molecular weight is 484 g/mol. The van der Waals surface area contributed by atoms with E-state index < -0.39 is 15.9 Å². The van der Waals surface area contributed by atoms with Crippen molar-refractivity contribution in [2.45, 2.75) is 43.7 Å². The number of hydrogen-bond acceptors (Lipinski definition) is 5. The van der Waals surface area contributed by atoms with Gasteiger partial charge in [0.25, 0.3) is 5.91 Å². The van der Waals surface area contributed by atoms with E-state index in [4.69, 9.17) is 11.2 Å². The van der Waals surface area contributed by atoms with Gasteiger partial charge >= 0.3 is 0 Å². The Balaban J connectivity index is 1.68. The first-order chi connectivity index (χ1) is 15.9. The standard InChI is InChI=1S/C24H25N3O4S2/c1-4-15-26-22-20(31-3)9-7-10-21(22)32-24(26)25-23(28)18-11-13-19(14-12-18)33(29,30)27-16-6-5-8-17(27)2/h1,7,9-14,17H,5-6,8,15-16H2,2-3H3. The van der Waals surface area contributed by atoms with Gasteiger partial charge in [0.2, 0.25) is 10.0 Å². The quantitative estimate of drug-likeness (QED) is 0.519. The number of ether oxygens (including phenoxy) is 1. The molecule has 1 aromatic heterocycles. The molecule has 1 fully saturated rings. The highest BCUT2D eigenvalue weighted by atomic mass is 32.2. The van der Waals surface area contributed by atoms with E-state index in [1.54, 1.807) is 16.0 Å². The van der Waals surface area contributed by atoms with E-state index in [0.717, 1.165) is 29.5 Å². The summed E-state index contributed by atoms with van der Waals surface area (Å²) in [5, 5.41) is 0. The minimum Gasteiger partial charge on any atom is -0.495 e. The molecule has 1 aliphatic rings. The smallest absolute Gasteiger partial charge is 0.279 e. The maximum absolute atomic E-state index is 13.0. The van der Waals surface area contributed by atoms with Crippen LogP contribution in [-0.4, -0.2) is 42.9 Å². The van der Waals surface area contributed by atoms with Gasteiger partial charge in [-0.1, -0.05) is 29.7 Å². The molecule has 172 valence electrons. The number of amides is 1. The Morgan fingerprint density at radius 1 is 1.24 bits per heavy atom. The average Bonchev–Trinajstić information content (AvgIpc) is 3.16. The summed E-state index contributed by atoms with van der Waals surface area (Å²) in [6.45, 7) is 2.68. The minimum atomic E-state index is -3.60. The lowest BCUT2D eigenvalue weighted by Crippen LogP contribution is -2.41. The van der Waals surface area contributed by atoms with Crippen molar-refractivity contribution in [1.29, 1.82) is 0 Å². The largest absolute Gasteiger partial charge is 0.495 e. The first-order valence-electron chi connectivity index (χ1n) is 10.7. The molecule has 0 N–H and O–H groups in total. The van der Waals surface area contributed by atoms with Gasteiger partial charge in [-0.05, 0) is 56.2 Å². The number of fused-ring (bicyclic) bond motifs is 1. The van der Waals surface area contributed by atoms with Crippen molar-refractivity contribution >= 4 is 37.5 Å². The number of carbonyl (C=O) groups is 1. The second-order valence-electron chi connectivity index (χ2n) is 7.88. The van der Waals surface area contributed by atoms with Crippen LogP contribution < -0.4 is 9.54 Å². The van der Waals surface area contributed by atoms with Gasteiger partial charge in [-0.15, -0.1) is 6.42 Å². The van der Waals surface area contributed by atoms with Crippen LogP contribution in [0.4, 0.5) is 0 Å². The maximum Gasteiger partial charge on any atom is 0.279 e. The molecule has 0 spiro atoms. The molecule has 2 heterocycles. The predicted octanol–water partition coefficient (Wildman–Crippen LogP) is 3.65. The van der Waals surface area contributed by atoms with Crippen LogP contribution in [0.25, 0.3) is 10.2 Å². The first-order valence-corrected chi connectivity index (χ1v) is 12.9. The van der Waals surface area contributed by atoms with Gasteiger partial charge in [-0.3, -0.25) is 4.79 Å². The molecule has 0 bridgehead atoms. The lowest BCUT2D eigenvalue weighted by Gasteiger charge is -2.32. The Bertz CT molecular complexity index is 1400. The molecule has 0 radical (unpaired) electrons. The van der Waals surface area contributed by atoms with E-state index in [0.29, 0.717) is 22.7 Å². The number of sulfonamides is 1. The summed E-state index contributed by atoms with van der Waals surface area (Å²) in [6, 6.07) is 11.5. The third kappa shape index (κ3) is 4.47. The zero-order valence-corrected chi connectivity index (χ0v) is 20.2. The van der Waals surface area contributed by atoms with Gasteiger partial charge < -0.3 is 9.30 Å². The highest BCUT2D eigenvalue weighted by Crippen LogP contribution is 2.28. The van der Waals surface area contributed by atoms with E-state index in [1.807, 2.05) is 25.1 Å². The van der Waals surface area contributed by atoms with E-state index >= 15 is 0 Å². The van der Waals surface area contributed by atoms with Crippen LogP contribution in [0.2, 0.25) is 0 Å². The molecule has 1 saturated heterocycles. The SMILES string of the molecule is C#CCn1c(=NC(=O)c2ccc(S(=O)(=O)N3CCCCC3C)cc2)sc2cccc(OC)c21. The van der Waals surface area contributed by atoms with Crippen molar-refractivity contribution < 1.29 is 17.9 Å². The zero-order chi connectivity index (χ0) is 23.6. The Hall–Kier alpha value is -2.93. The molecule has 33 heavy (non-hydrogen) atoms. The van der Waals surface area contributed by atoms with Crippen LogP contribution in [0.15, 0.2) is 52.4 Å². The van der Waals surface area contributed by atoms with Crippen LogP contribution in [-0.2, 0) is 16.6 Å². The maximum atomic E-state index is 13.0. The van der Waals surface area contributed by atoms with Crippen molar-refractivity contribution in [3.8, 4) is 18.1 Å². The highest BCUT2D eigenvalue weighted by Gasteiger charge is 2.30. The number of thiazole rings is 1. The van der Waals surface area contributed by atoms with Crippen molar-refractivity contribution in [1.82, 2.24) is 8.87 Å². The number of nitrogens with zero attached hydrogens (tertiary/aromatic N) is 3. The normalized spacial score (nSPS) is 17.7. The lowest BCUT2D eigenvalue weighted by atomic mass is 10.1. The van der Waals surface area contributed by atoms with Crippen molar-refractivity contribution in [2.24, 2.45) is 4.99 Å². The van der Waals surface area contributed by atoms with Crippen LogP contribution in [0, 0.1) is 12.3 Å². The second kappa shape index (κ2) is 9.51. The number of piperidine rings is 1. The molecule has 7 nitrogen and oxygen atoms in total. The molecule has 3 aromatic rings. The van der Waals surface area contributed by atoms with Gasteiger partial charge in [0.05, 0.1) is 23.2 Å². The van der Waals surface area contributed by atoms with Gasteiger partial charge in [0.1, 0.15) is 11.3 Å². The number of rotatable bonds is 5. The summed E-state index contributed by atoms with van der Waals surface area (Å²) in [7, 11) is -2.02. The monoisotopic (exact) mass is 483 g/mol. The van der Waals surface area contributed by atoms with Gasteiger partial charge in [-0.2, -0.15) is 9.30 Å². The van der Waals surface area contributed by atoms with E-state index in [-0.39, 0.29) is 17.5 Å². The first kappa shape index (κ1) is 23.2. The summed E-state index contributed by atoms with van der Waals surface area (Å²) in [5.74, 6) is 2.77. The molecule has 0 saturated carbocycles. The van der Waals surface area contributed by atoms with Crippen molar-refractivity contribution in [3.63, 3.8) is 0 Å². The molecular weight excluding hydrogens is 458 g/mol.